The van der Waals surface area contributed by atoms with Gasteiger partial charge in [-0.1, -0.05) is 29.8 Å². The van der Waals surface area contributed by atoms with E-state index in [1.54, 1.807) is 14.2 Å². The third-order valence-corrected chi connectivity index (χ3v) is 4.83. The number of ether oxygens (including phenoxy) is 1. The minimum absolute atomic E-state index is 0.178. The van der Waals surface area contributed by atoms with Crippen LogP contribution in [-0.4, -0.2) is 27.8 Å². The Morgan fingerprint density at radius 1 is 1.11 bits per heavy atom. The lowest BCUT2D eigenvalue weighted by Gasteiger charge is -2.06. The third kappa shape index (κ3) is 3.85. The van der Waals surface area contributed by atoms with Crippen LogP contribution in [-0.2, 0) is 24.8 Å². The molecule has 0 aliphatic heterocycles. The second kappa shape index (κ2) is 7.88. The van der Waals surface area contributed by atoms with Crippen LogP contribution < -0.4 is 11.0 Å². The Morgan fingerprint density at radius 2 is 1.81 bits per heavy atom. The molecule has 0 saturated heterocycles. The summed E-state index contributed by atoms with van der Waals surface area (Å²) in [5, 5.41) is 0. The highest BCUT2D eigenvalue weighted by atomic mass is 16.5. The molecular weight excluding hydrogens is 342 g/mol. The highest BCUT2D eigenvalue weighted by Crippen LogP contribution is 2.14. The zero-order chi connectivity index (χ0) is 19.6. The van der Waals surface area contributed by atoms with Gasteiger partial charge in [-0.3, -0.25) is 14.2 Å². The Morgan fingerprint density at radius 3 is 2.48 bits per heavy atom. The molecule has 0 aliphatic rings. The van der Waals surface area contributed by atoms with Crippen molar-refractivity contribution in [3.63, 3.8) is 0 Å². The first-order valence-corrected chi connectivity index (χ1v) is 9.07. The number of hydrogen-bond donors (Lipinski definition) is 0. The summed E-state index contributed by atoms with van der Waals surface area (Å²) < 4.78 is 8.43. The first-order chi connectivity index (χ1) is 12.9. The van der Waals surface area contributed by atoms with Gasteiger partial charge in [-0.25, -0.2) is 4.98 Å². The van der Waals surface area contributed by atoms with Gasteiger partial charge in [-0.2, -0.15) is 0 Å². The van der Waals surface area contributed by atoms with Gasteiger partial charge in [0, 0.05) is 32.9 Å². The standard InChI is InChI=1S/C21H25N3O3/c1-14-7-9-16(10-8-14)13-24-15(2)22-20-19(24)18(25)12-17(6-5-11-27-4)21(26)23(20)3/h7-10,12H,5-6,11,13H2,1-4H3. The molecule has 0 saturated carbocycles. The van der Waals surface area contributed by atoms with E-state index in [-0.39, 0.29) is 11.0 Å². The molecule has 3 rings (SSSR count). The van der Waals surface area contributed by atoms with E-state index >= 15 is 0 Å². The molecule has 2 heterocycles. The minimum Gasteiger partial charge on any atom is -0.385 e. The number of rotatable bonds is 6. The summed E-state index contributed by atoms with van der Waals surface area (Å²) in [7, 11) is 3.30. The van der Waals surface area contributed by atoms with Crippen LogP contribution in [0.3, 0.4) is 0 Å². The molecule has 6 nitrogen and oxygen atoms in total. The Labute approximate surface area is 158 Å². The predicted octanol–water partition coefficient (Wildman–Crippen LogP) is 2.34. The maximum atomic E-state index is 13.0. The van der Waals surface area contributed by atoms with Crippen LogP contribution >= 0.6 is 0 Å². The van der Waals surface area contributed by atoms with E-state index < -0.39 is 0 Å². The van der Waals surface area contributed by atoms with Gasteiger partial charge < -0.3 is 9.30 Å². The molecule has 142 valence electrons. The fourth-order valence-corrected chi connectivity index (χ4v) is 3.28. The molecule has 0 unspecified atom stereocenters. The van der Waals surface area contributed by atoms with Crippen molar-refractivity contribution in [1.29, 1.82) is 0 Å². The summed E-state index contributed by atoms with van der Waals surface area (Å²) in [6, 6.07) is 9.65. The molecule has 1 aromatic carbocycles. The van der Waals surface area contributed by atoms with E-state index in [0.717, 1.165) is 5.56 Å². The van der Waals surface area contributed by atoms with Crippen molar-refractivity contribution in [3.05, 3.63) is 73.4 Å². The van der Waals surface area contributed by atoms with Gasteiger partial charge in [-0.05, 0) is 38.3 Å². The first-order valence-electron chi connectivity index (χ1n) is 9.07. The molecule has 0 bridgehead atoms. The zero-order valence-electron chi connectivity index (χ0n) is 16.3. The van der Waals surface area contributed by atoms with Gasteiger partial charge in [-0.15, -0.1) is 0 Å². The Bertz CT molecular complexity index is 1080. The predicted molar refractivity (Wildman–Crippen MR) is 106 cm³/mol. The molecule has 3 aromatic rings. The van der Waals surface area contributed by atoms with Crippen molar-refractivity contribution in [2.45, 2.75) is 33.2 Å². The van der Waals surface area contributed by atoms with Crippen LogP contribution in [0.5, 0.6) is 0 Å². The van der Waals surface area contributed by atoms with Crippen molar-refractivity contribution in [1.82, 2.24) is 14.1 Å². The molecule has 6 heteroatoms. The van der Waals surface area contributed by atoms with E-state index in [1.165, 1.54) is 16.2 Å². The maximum absolute atomic E-state index is 13.0. The van der Waals surface area contributed by atoms with Crippen LogP contribution in [0.4, 0.5) is 0 Å². The number of benzene rings is 1. The van der Waals surface area contributed by atoms with Crippen molar-refractivity contribution >= 4 is 11.2 Å². The highest BCUT2D eigenvalue weighted by Gasteiger charge is 2.15. The second-order valence-electron chi connectivity index (χ2n) is 6.90. The van der Waals surface area contributed by atoms with Crippen LogP contribution in [0.15, 0.2) is 39.9 Å². The number of methoxy groups -OCH3 is 1. The summed E-state index contributed by atoms with van der Waals surface area (Å²) in [5.41, 5.74) is 3.29. The number of nitrogens with zero attached hydrogens (tertiary/aromatic N) is 3. The summed E-state index contributed by atoms with van der Waals surface area (Å²) in [4.78, 5) is 30.3. The third-order valence-electron chi connectivity index (χ3n) is 4.83. The minimum atomic E-state index is -0.182. The smallest absolute Gasteiger partial charge is 0.255 e. The number of fused-ring (bicyclic) bond motifs is 1. The van der Waals surface area contributed by atoms with Crippen molar-refractivity contribution in [2.75, 3.05) is 13.7 Å². The molecular formula is C21H25N3O3. The molecule has 0 spiro atoms. The topological polar surface area (TPSA) is 66.1 Å². The van der Waals surface area contributed by atoms with Gasteiger partial charge >= 0.3 is 0 Å². The average molecular weight is 367 g/mol. The number of hydrogen-bond acceptors (Lipinski definition) is 4. The van der Waals surface area contributed by atoms with Crippen LogP contribution in [0.2, 0.25) is 0 Å². The normalized spacial score (nSPS) is 11.3. The largest absolute Gasteiger partial charge is 0.385 e. The van der Waals surface area contributed by atoms with Gasteiger partial charge in [0.05, 0.1) is 0 Å². The lowest BCUT2D eigenvalue weighted by molar-refractivity contribution is 0.195. The van der Waals surface area contributed by atoms with Gasteiger partial charge in [0.15, 0.2) is 5.65 Å². The summed E-state index contributed by atoms with van der Waals surface area (Å²) >= 11 is 0. The fraction of sp³-hybridized carbons (Fsp3) is 0.381. The Balaban J connectivity index is 2.16. The number of imidazole rings is 1. The number of aromatic nitrogens is 3. The zero-order valence-corrected chi connectivity index (χ0v) is 16.3. The molecule has 27 heavy (non-hydrogen) atoms. The number of aryl methyl sites for hydroxylation is 4. The van der Waals surface area contributed by atoms with Crippen molar-refractivity contribution in [2.24, 2.45) is 7.05 Å². The summed E-state index contributed by atoms with van der Waals surface area (Å²) in [6.45, 7) is 4.98. The van der Waals surface area contributed by atoms with E-state index in [2.05, 4.69) is 4.98 Å². The molecule has 0 N–H and O–H groups in total. The average Bonchev–Trinajstić information content (AvgIpc) is 2.94. The first kappa shape index (κ1) is 19.0. The van der Waals surface area contributed by atoms with Gasteiger partial charge in [0.2, 0.25) is 5.43 Å². The lowest BCUT2D eigenvalue weighted by Crippen LogP contribution is -2.19. The van der Waals surface area contributed by atoms with E-state index in [4.69, 9.17) is 4.74 Å². The molecule has 0 fully saturated rings. The van der Waals surface area contributed by atoms with Gasteiger partial charge in [0.25, 0.3) is 5.56 Å². The molecule has 2 aromatic heterocycles. The lowest BCUT2D eigenvalue weighted by atomic mass is 10.1. The van der Waals surface area contributed by atoms with Crippen LogP contribution in [0.25, 0.3) is 11.2 Å². The Kier molecular flexibility index (Phi) is 5.56. The summed E-state index contributed by atoms with van der Waals surface area (Å²) in [6.07, 6.45) is 1.19. The van der Waals surface area contributed by atoms with Crippen molar-refractivity contribution < 1.29 is 4.74 Å². The SMILES string of the molecule is COCCCc1cc(=O)c2c(nc(C)n2Cc2ccc(C)cc2)n(C)c1=O. The second-order valence-corrected chi connectivity index (χ2v) is 6.90. The van der Waals surface area contributed by atoms with Crippen molar-refractivity contribution in [3.8, 4) is 0 Å². The molecule has 0 aliphatic carbocycles. The quantitative estimate of drug-likeness (QED) is 0.627. The maximum Gasteiger partial charge on any atom is 0.255 e. The van der Waals surface area contributed by atoms with E-state index in [9.17, 15) is 9.59 Å². The van der Waals surface area contributed by atoms with E-state index in [0.29, 0.717) is 48.5 Å². The monoisotopic (exact) mass is 367 g/mol. The molecule has 0 atom stereocenters. The fourth-order valence-electron chi connectivity index (χ4n) is 3.28. The van der Waals surface area contributed by atoms with Crippen LogP contribution in [0, 0.1) is 13.8 Å². The Hall–Kier alpha value is -2.73. The van der Waals surface area contributed by atoms with E-state index in [1.807, 2.05) is 42.7 Å². The highest BCUT2D eigenvalue weighted by molar-refractivity contribution is 5.71. The summed E-state index contributed by atoms with van der Waals surface area (Å²) in [5.74, 6) is 0.713. The molecule has 0 amide bonds. The molecule has 0 radical (unpaired) electrons. The van der Waals surface area contributed by atoms with Crippen LogP contribution in [0.1, 0.15) is 28.9 Å². The van der Waals surface area contributed by atoms with Gasteiger partial charge in [0.1, 0.15) is 11.3 Å².